The van der Waals surface area contributed by atoms with Crippen molar-refractivity contribution in [2.45, 2.75) is 23.1 Å². The van der Waals surface area contributed by atoms with Crippen LogP contribution in [0.4, 0.5) is 10.1 Å². The van der Waals surface area contributed by atoms with E-state index in [-0.39, 0.29) is 26.6 Å². The van der Waals surface area contributed by atoms with Crippen LogP contribution in [0.15, 0.2) is 70.5 Å². The number of anilines is 1. The summed E-state index contributed by atoms with van der Waals surface area (Å²) in [4.78, 5) is 11.0. The predicted molar refractivity (Wildman–Crippen MR) is 119 cm³/mol. The molecule has 0 aromatic heterocycles. The summed E-state index contributed by atoms with van der Waals surface area (Å²) < 4.78 is 66.7. The number of hydrogen-bond donors (Lipinski definition) is 2. The van der Waals surface area contributed by atoms with Gasteiger partial charge < -0.3 is 5.11 Å². The second-order valence-electron chi connectivity index (χ2n) is 7.08. The van der Waals surface area contributed by atoms with Gasteiger partial charge in [0.2, 0.25) is 0 Å². The lowest BCUT2D eigenvalue weighted by Crippen LogP contribution is -2.17. The van der Waals surface area contributed by atoms with Gasteiger partial charge >= 0.3 is 5.97 Å². The molecule has 0 unspecified atom stereocenters. The summed E-state index contributed by atoms with van der Waals surface area (Å²) in [5.41, 5.74) is 0.680. The largest absolute Gasteiger partial charge is 0.478 e. The lowest BCUT2D eigenvalue weighted by atomic mass is 10.0. The predicted octanol–water partition coefficient (Wildman–Crippen LogP) is 3.96. The van der Waals surface area contributed by atoms with Crippen LogP contribution < -0.4 is 4.72 Å². The minimum atomic E-state index is -4.32. The van der Waals surface area contributed by atoms with Crippen molar-refractivity contribution in [2.24, 2.45) is 0 Å². The van der Waals surface area contributed by atoms with Gasteiger partial charge in [-0.1, -0.05) is 31.2 Å². The monoisotopic (exact) mass is 477 g/mol. The number of hydrogen-bond acceptors (Lipinski definition) is 5. The van der Waals surface area contributed by atoms with Crippen LogP contribution in [0.2, 0.25) is 0 Å². The summed E-state index contributed by atoms with van der Waals surface area (Å²) in [6, 6.07) is 13.0. The molecule has 0 bridgehead atoms. The van der Waals surface area contributed by atoms with Gasteiger partial charge in [-0.3, -0.25) is 4.72 Å². The third kappa shape index (κ3) is 4.97. The molecule has 2 N–H and O–H groups in total. The highest BCUT2D eigenvalue weighted by molar-refractivity contribution is 7.92. The number of carbonyl (C=O) groups is 1. The number of rotatable bonds is 7. The molecule has 0 spiro atoms. The number of nitrogens with one attached hydrogen (secondary N) is 1. The number of aromatic carboxylic acids is 1. The fourth-order valence-corrected chi connectivity index (χ4v) is 5.23. The molecule has 0 heterocycles. The second kappa shape index (κ2) is 8.71. The van der Waals surface area contributed by atoms with Crippen LogP contribution in [0.25, 0.3) is 11.1 Å². The van der Waals surface area contributed by atoms with Gasteiger partial charge in [-0.25, -0.2) is 26.0 Å². The van der Waals surface area contributed by atoms with Gasteiger partial charge in [-0.05, 0) is 53.9 Å². The number of carboxylic acid groups (broad SMARTS) is 1. The molecule has 0 aliphatic heterocycles. The van der Waals surface area contributed by atoms with E-state index >= 15 is 0 Å². The third-order valence-corrected chi connectivity index (χ3v) is 7.34. The molecule has 0 atom stereocenters. The molecule has 10 heteroatoms. The quantitative estimate of drug-likeness (QED) is 0.532. The number of halogens is 1. The van der Waals surface area contributed by atoms with Gasteiger partial charge in [0.05, 0.1) is 21.0 Å². The zero-order valence-electron chi connectivity index (χ0n) is 17.2. The summed E-state index contributed by atoms with van der Waals surface area (Å²) in [5.74, 6) is -1.84. The fraction of sp³-hybridized carbons (Fsp3) is 0.136. The fourth-order valence-electron chi connectivity index (χ4n) is 3.18. The van der Waals surface area contributed by atoms with Gasteiger partial charge in [-0.15, -0.1) is 0 Å². The molecule has 0 saturated heterocycles. The zero-order chi connectivity index (χ0) is 23.7. The Morgan fingerprint density at radius 1 is 1.00 bits per heavy atom. The van der Waals surface area contributed by atoms with E-state index in [4.69, 9.17) is 0 Å². The molecule has 3 aromatic rings. The molecule has 3 rings (SSSR count). The van der Waals surface area contributed by atoms with E-state index in [0.29, 0.717) is 17.5 Å². The molecule has 0 fully saturated rings. The smallest absolute Gasteiger partial charge is 0.335 e. The zero-order valence-corrected chi connectivity index (χ0v) is 18.8. The molecule has 0 radical (unpaired) electrons. The first-order valence-corrected chi connectivity index (χ1v) is 12.8. The normalized spacial score (nSPS) is 11.8. The molecule has 168 valence electrons. The van der Waals surface area contributed by atoms with Gasteiger partial charge in [0.1, 0.15) is 5.82 Å². The molecular weight excluding hydrogens is 457 g/mol. The number of carboxylic acids is 1. The van der Waals surface area contributed by atoms with Gasteiger partial charge in [0.15, 0.2) is 9.84 Å². The third-order valence-electron chi connectivity index (χ3n) is 4.78. The Bertz CT molecular complexity index is 1420. The van der Waals surface area contributed by atoms with Gasteiger partial charge in [0.25, 0.3) is 10.0 Å². The highest BCUT2D eigenvalue weighted by atomic mass is 32.2. The summed E-state index contributed by atoms with van der Waals surface area (Å²) >= 11 is 0. The van der Waals surface area contributed by atoms with Crippen molar-refractivity contribution >= 4 is 31.5 Å². The van der Waals surface area contributed by atoms with Crippen LogP contribution in [-0.2, 0) is 26.3 Å². The number of sulfone groups is 1. The lowest BCUT2D eigenvalue weighted by Gasteiger charge is -2.16. The van der Waals surface area contributed by atoms with Crippen LogP contribution in [0, 0.1) is 5.82 Å². The minimum Gasteiger partial charge on any atom is -0.478 e. The summed E-state index contributed by atoms with van der Waals surface area (Å²) in [5, 5.41) is 9.26. The van der Waals surface area contributed by atoms with Gasteiger partial charge in [-0.2, -0.15) is 0 Å². The molecule has 0 aliphatic rings. The Hall–Kier alpha value is -3.24. The number of sulfonamides is 1. The van der Waals surface area contributed by atoms with Crippen molar-refractivity contribution in [2.75, 3.05) is 11.0 Å². The standard InChI is InChI=1S/C22H20FNO6S2/c1-3-14-7-8-16(22(25)26)12-21(14)32(29,30)24-20-13-18(31(2,27)28)9-10-19(20)15-5-4-6-17(23)11-15/h4-13,24H,3H2,1-2H3,(H,25,26). The summed E-state index contributed by atoms with van der Waals surface area (Å²) in [6.07, 6.45) is 1.30. The van der Waals surface area contributed by atoms with Crippen LogP contribution >= 0.6 is 0 Å². The Kier molecular flexibility index (Phi) is 6.38. The molecule has 32 heavy (non-hydrogen) atoms. The van der Waals surface area contributed by atoms with Crippen molar-refractivity contribution < 1.29 is 31.1 Å². The highest BCUT2D eigenvalue weighted by Gasteiger charge is 2.23. The van der Waals surface area contributed by atoms with E-state index in [9.17, 15) is 31.1 Å². The molecule has 3 aromatic carbocycles. The Morgan fingerprint density at radius 2 is 1.72 bits per heavy atom. The molecule has 0 saturated carbocycles. The molecule has 7 nitrogen and oxygen atoms in total. The van der Waals surface area contributed by atoms with Crippen molar-refractivity contribution in [1.82, 2.24) is 0 Å². The summed E-state index contributed by atoms with van der Waals surface area (Å²) in [6.45, 7) is 1.72. The van der Waals surface area contributed by atoms with Crippen molar-refractivity contribution in [3.05, 3.63) is 77.6 Å². The maximum Gasteiger partial charge on any atom is 0.335 e. The molecule has 0 amide bonds. The van der Waals surface area contributed by atoms with Crippen LogP contribution in [0.1, 0.15) is 22.8 Å². The second-order valence-corrected chi connectivity index (χ2v) is 10.7. The summed E-state index contributed by atoms with van der Waals surface area (Å²) in [7, 11) is -7.99. The van der Waals surface area contributed by atoms with Crippen molar-refractivity contribution in [3.8, 4) is 11.1 Å². The Balaban J connectivity index is 2.21. The maximum absolute atomic E-state index is 13.8. The lowest BCUT2D eigenvalue weighted by molar-refractivity contribution is 0.0696. The topological polar surface area (TPSA) is 118 Å². The molecule has 0 aliphatic carbocycles. The minimum absolute atomic E-state index is 0.0821. The number of aryl methyl sites for hydroxylation is 1. The average molecular weight is 478 g/mol. The van der Waals surface area contributed by atoms with E-state index in [2.05, 4.69) is 4.72 Å². The van der Waals surface area contributed by atoms with Crippen LogP contribution in [0.3, 0.4) is 0 Å². The first-order chi connectivity index (χ1) is 14.9. The average Bonchev–Trinajstić information content (AvgIpc) is 2.72. The SMILES string of the molecule is CCc1ccc(C(=O)O)cc1S(=O)(=O)Nc1cc(S(C)(=O)=O)ccc1-c1cccc(F)c1. The van der Waals surface area contributed by atoms with E-state index in [1.54, 1.807) is 13.0 Å². The first-order valence-electron chi connectivity index (χ1n) is 9.41. The van der Waals surface area contributed by atoms with Crippen molar-refractivity contribution in [3.63, 3.8) is 0 Å². The van der Waals surface area contributed by atoms with E-state index in [1.807, 2.05) is 0 Å². The van der Waals surface area contributed by atoms with E-state index in [0.717, 1.165) is 18.4 Å². The van der Waals surface area contributed by atoms with Crippen LogP contribution in [-0.4, -0.2) is 34.2 Å². The molecular formula is C22H20FNO6S2. The van der Waals surface area contributed by atoms with E-state index in [1.165, 1.54) is 42.5 Å². The Labute approximate surface area is 185 Å². The van der Waals surface area contributed by atoms with Crippen LogP contribution in [0.5, 0.6) is 0 Å². The number of benzene rings is 3. The van der Waals surface area contributed by atoms with Crippen molar-refractivity contribution in [1.29, 1.82) is 0 Å². The van der Waals surface area contributed by atoms with E-state index < -0.39 is 31.6 Å². The van der Waals surface area contributed by atoms with Gasteiger partial charge in [0, 0.05) is 11.8 Å². The maximum atomic E-state index is 13.8. The Morgan fingerprint density at radius 3 is 2.31 bits per heavy atom. The first kappa shape index (κ1) is 23.4. The highest BCUT2D eigenvalue weighted by Crippen LogP contribution is 2.33.